The van der Waals surface area contributed by atoms with Crippen molar-refractivity contribution in [3.05, 3.63) is 23.0 Å². The second kappa shape index (κ2) is 4.10. The zero-order chi connectivity index (χ0) is 10.7. The molecule has 0 bridgehead atoms. The molecule has 74 valence electrons. The van der Waals surface area contributed by atoms with Gasteiger partial charge in [0.1, 0.15) is 0 Å². The van der Waals surface area contributed by atoms with E-state index in [1.165, 1.54) is 0 Å². The van der Waals surface area contributed by atoms with E-state index in [1.807, 2.05) is 31.5 Å². The van der Waals surface area contributed by atoms with Gasteiger partial charge >= 0.3 is 0 Å². The summed E-state index contributed by atoms with van der Waals surface area (Å²) in [6.45, 7) is 8.88. The van der Waals surface area contributed by atoms with Crippen LogP contribution in [0.15, 0.2) is 6.08 Å². The Labute approximate surface area is 84.7 Å². The van der Waals surface area contributed by atoms with E-state index in [2.05, 4.69) is 12.0 Å². The predicted octanol–water partition coefficient (Wildman–Crippen LogP) is 2.45. The second-order valence-corrected chi connectivity index (χ2v) is 3.32. The topological polar surface area (TPSA) is 41.6 Å². The van der Waals surface area contributed by atoms with Gasteiger partial charge in [0.05, 0.1) is 11.8 Å². The monoisotopic (exact) mass is 189 g/mol. The summed E-state index contributed by atoms with van der Waals surface area (Å²) in [6, 6.07) is 2.05. The molecule has 1 aromatic rings. The van der Waals surface area contributed by atoms with E-state index in [-0.39, 0.29) is 0 Å². The summed E-state index contributed by atoms with van der Waals surface area (Å²) in [6.07, 6.45) is 1.57. The number of allylic oxidation sites excluding steroid dienone is 2. The maximum atomic E-state index is 8.59. The highest BCUT2D eigenvalue weighted by molar-refractivity contribution is 5.69. The number of hydrogen-bond acceptors (Lipinski definition) is 2. The van der Waals surface area contributed by atoms with Crippen molar-refractivity contribution in [1.82, 2.24) is 9.78 Å². The van der Waals surface area contributed by atoms with Crippen molar-refractivity contribution >= 4 is 5.57 Å². The van der Waals surface area contributed by atoms with Crippen LogP contribution in [0.4, 0.5) is 0 Å². The molecule has 3 heteroatoms. The predicted molar refractivity (Wildman–Crippen MR) is 56.6 cm³/mol. The van der Waals surface area contributed by atoms with Crippen molar-refractivity contribution in [1.29, 1.82) is 5.26 Å². The summed E-state index contributed by atoms with van der Waals surface area (Å²) < 4.78 is 1.96. The average molecular weight is 189 g/mol. The van der Waals surface area contributed by atoms with Gasteiger partial charge in [-0.1, -0.05) is 0 Å². The molecular formula is C11H15N3. The Bertz CT molecular complexity index is 405. The van der Waals surface area contributed by atoms with Gasteiger partial charge in [-0.3, -0.25) is 4.68 Å². The summed E-state index contributed by atoms with van der Waals surface area (Å²) >= 11 is 0. The van der Waals surface area contributed by atoms with Crippen LogP contribution in [0.1, 0.15) is 30.8 Å². The van der Waals surface area contributed by atoms with E-state index >= 15 is 0 Å². The molecule has 3 nitrogen and oxygen atoms in total. The van der Waals surface area contributed by atoms with E-state index in [4.69, 9.17) is 5.26 Å². The molecule has 1 rings (SSSR count). The molecule has 14 heavy (non-hydrogen) atoms. The summed E-state index contributed by atoms with van der Waals surface area (Å²) in [4.78, 5) is 0. The lowest BCUT2D eigenvalue weighted by Gasteiger charge is -2.01. The van der Waals surface area contributed by atoms with E-state index in [9.17, 15) is 0 Å². The Balaban J connectivity index is 3.29. The van der Waals surface area contributed by atoms with Gasteiger partial charge in [-0.05, 0) is 33.3 Å². The first-order valence-electron chi connectivity index (χ1n) is 4.72. The molecule has 1 aromatic heterocycles. The van der Waals surface area contributed by atoms with Crippen molar-refractivity contribution in [3.8, 4) is 6.07 Å². The van der Waals surface area contributed by atoms with Gasteiger partial charge in [0.15, 0.2) is 0 Å². The summed E-state index contributed by atoms with van der Waals surface area (Å²) in [7, 11) is 0. The molecule has 0 N–H and O–H groups in total. The number of rotatable bonds is 2. The lowest BCUT2D eigenvalue weighted by Crippen LogP contribution is -1.98. The summed E-state index contributed by atoms with van der Waals surface area (Å²) in [5.41, 5.74) is 4.22. The van der Waals surface area contributed by atoms with Crippen molar-refractivity contribution in [2.24, 2.45) is 0 Å². The molecule has 0 aromatic carbocycles. The SMILES string of the molecule is CCn1nc(C)c(/C(C)=C/C#N)c1C. The highest BCUT2D eigenvalue weighted by Gasteiger charge is 2.11. The van der Waals surface area contributed by atoms with E-state index in [0.29, 0.717) is 0 Å². The number of hydrogen-bond donors (Lipinski definition) is 0. The maximum absolute atomic E-state index is 8.59. The second-order valence-electron chi connectivity index (χ2n) is 3.32. The fraction of sp³-hybridized carbons (Fsp3) is 0.455. The highest BCUT2D eigenvalue weighted by Crippen LogP contribution is 2.21. The van der Waals surface area contributed by atoms with Crippen LogP contribution in [0.25, 0.3) is 5.57 Å². The van der Waals surface area contributed by atoms with E-state index in [0.717, 1.165) is 29.1 Å². The lowest BCUT2D eigenvalue weighted by molar-refractivity contribution is 0.634. The van der Waals surface area contributed by atoms with Crippen LogP contribution in [0, 0.1) is 25.2 Å². The number of aryl methyl sites for hydroxylation is 2. The first-order valence-corrected chi connectivity index (χ1v) is 4.72. The maximum Gasteiger partial charge on any atom is 0.0915 e. The van der Waals surface area contributed by atoms with Crippen LogP contribution in [-0.4, -0.2) is 9.78 Å². The first kappa shape index (κ1) is 10.5. The van der Waals surface area contributed by atoms with E-state index < -0.39 is 0 Å². The van der Waals surface area contributed by atoms with Crippen LogP contribution in [-0.2, 0) is 6.54 Å². The first-order chi connectivity index (χ1) is 6.61. The minimum atomic E-state index is 0.868. The molecule has 0 aliphatic heterocycles. The third-order valence-electron chi connectivity index (χ3n) is 2.36. The molecule has 0 aliphatic carbocycles. The Morgan fingerprint density at radius 3 is 2.64 bits per heavy atom. The Hall–Kier alpha value is -1.56. The van der Waals surface area contributed by atoms with Gasteiger partial charge in [0, 0.05) is 23.9 Å². The number of nitriles is 1. The molecule has 0 spiro atoms. The molecular weight excluding hydrogens is 174 g/mol. The third-order valence-corrected chi connectivity index (χ3v) is 2.36. The van der Waals surface area contributed by atoms with Crippen molar-refractivity contribution in [3.63, 3.8) is 0 Å². The quantitative estimate of drug-likeness (QED) is 0.670. The molecule has 0 aliphatic rings. The standard InChI is InChI=1S/C11H15N3/c1-5-14-10(4)11(9(3)13-14)8(2)6-7-12/h6H,5H2,1-4H3/b8-6+. The Kier molecular flexibility index (Phi) is 3.08. The highest BCUT2D eigenvalue weighted by atomic mass is 15.3. The van der Waals surface area contributed by atoms with Gasteiger partial charge in [-0.25, -0.2) is 0 Å². The van der Waals surface area contributed by atoms with Crippen LogP contribution in [0.5, 0.6) is 0 Å². The van der Waals surface area contributed by atoms with Crippen LogP contribution < -0.4 is 0 Å². The van der Waals surface area contributed by atoms with Crippen LogP contribution in [0.2, 0.25) is 0 Å². The zero-order valence-corrected chi connectivity index (χ0v) is 9.13. The number of nitrogens with zero attached hydrogens (tertiary/aromatic N) is 3. The van der Waals surface area contributed by atoms with Crippen LogP contribution in [0.3, 0.4) is 0 Å². The normalized spacial score (nSPS) is 11.5. The minimum Gasteiger partial charge on any atom is -0.269 e. The number of aromatic nitrogens is 2. The fourth-order valence-electron chi connectivity index (χ4n) is 1.74. The molecule has 0 unspecified atom stereocenters. The smallest absolute Gasteiger partial charge is 0.0915 e. The molecule has 0 amide bonds. The van der Waals surface area contributed by atoms with Gasteiger partial charge in [-0.2, -0.15) is 10.4 Å². The Morgan fingerprint density at radius 1 is 1.57 bits per heavy atom. The molecule has 0 radical (unpaired) electrons. The molecule has 0 saturated carbocycles. The van der Waals surface area contributed by atoms with Crippen molar-refractivity contribution in [2.75, 3.05) is 0 Å². The summed E-state index contributed by atoms with van der Waals surface area (Å²) in [5.74, 6) is 0. The van der Waals surface area contributed by atoms with Crippen LogP contribution >= 0.6 is 0 Å². The lowest BCUT2D eigenvalue weighted by atomic mass is 10.1. The van der Waals surface area contributed by atoms with Gasteiger partial charge < -0.3 is 0 Å². The van der Waals surface area contributed by atoms with Crippen molar-refractivity contribution in [2.45, 2.75) is 34.2 Å². The largest absolute Gasteiger partial charge is 0.269 e. The summed E-state index contributed by atoms with van der Waals surface area (Å²) in [5, 5.41) is 13.0. The van der Waals surface area contributed by atoms with Gasteiger partial charge in [0.25, 0.3) is 0 Å². The molecule has 0 atom stereocenters. The minimum absolute atomic E-state index is 0.868. The molecule has 1 heterocycles. The van der Waals surface area contributed by atoms with Crippen molar-refractivity contribution < 1.29 is 0 Å². The third kappa shape index (κ3) is 1.69. The van der Waals surface area contributed by atoms with Gasteiger partial charge in [-0.15, -0.1) is 0 Å². The molecule has 0 saturated heterocycles. The van der Waals surface area contributed by atoms with E-state index in [1.54, 1.807) is 6.08 Å². The average Bonchev–Trinajstić information content (AvgIpc) is 2.41. The Morgan fingerprint density at radius 2 is 2.21 bits per heavy atom. The van der Waals surface area contributed by atoms with Gasteiger partial charge in [0.2, 0.25) is 0 Å². The fourth-order valence-corrected chi connectivity index (χ4v) is 1.74. The zero-order valence-electron chi connectivity index (χ0n) is 9.13. The molecule has 0 fully saturated rings.